The van der Waals surface area contributed by atoms with E-state index >= 15 is 0 Å². The molecule has 0 radical (unpaired) electrons. The van der Waals surface area contributed by atoms with E-state index < -0.39 is 33.5 Å². The second-order valence-corrected chi connectivity index (χ2v) is 4.50. The van der Waals surface area contributed by atoms with Crippen LogP contribution in [0.4, 0.5) is 19.0 Å². The molecule has 0 atom stereocenters. The van der Waals surface area contributed by atoms with Crippen LogP contribution in [0.3, 0.4) is 0 Å². The van der Waals surface area contributed by atoms with Gasteiger partial charge in [0.1, 0.15) is 4.88 Å². The number of carbonyl (C=O) groups excluding carboxylic acids is 1. The summed E-state index contributed by atoms with van der Waals surface area (Å²) in [5.41, 5.74) is -1.32. The van der Waals surface area contributed by atoms with Crippen molar-refractivity contribution in [3.63, 3.8) is 0 Å². The molecular formula is C9H6F3N3O4S. The Hall–Kier alpha value is -2.17. The number of nitro groups is 1. The monoisotopic (exact) mass is 309 g/mol. The molecule has 0 fully saturated rings. The van der Waals surface area contributed by atoms with Crippen LogP contribution in [0, 0.1) is 10.1 Å². The minimum atomic E-state index is -4.87. The molecule has 0 aromatic carbocycles. The number of halogens is 3. The first-order chi connectivity index (χ1) is 9.27. The van der Waals surface area contributed by atoms with Crippen molar-refractivity contribution in [1.82, 2.24) is 9.38 Å². The van der Waals surface area contributed by atoms with Gasteiger partial charge in [-0.2, -0.15) is 13.2 Å². The molecule has 0 unspecified atom stereocenters. The zero-order chi connectivity index (χ0) is 15.1. The van der Waals surface area contributed by atoms with Crippen molar-refractivity contribution in [1.29, 1.82) is 0 Å². The van der Waals surface area contributed by atoms with Crippen molar-refractivity contribution < 1.29 is 27.6 Å². The number of ether oxygens (including phenoxy) is 1. The third-order valence-electron chi connectivity index (χ3n) is 2.26. The quantitative estimate of drug-likeness (QED) is 0.494. The van der Waals surface area contributed by atoms with Crippen molar-refractivity contribution in [3.8, 4) is 0 Å². The predicted molar refractivity (Wildman–Crippen MR) is 60.7 cm³/mol. The minimum absolute atomic E-state index is 0.108. The molecule has 2 aromatic heterocycles. The maximum absolute atomic E-state index is 13.0. The standard InChI is InChI=1S/C9H6F3N3O4S/c1-2-19-8(16)4-5(9(10,11)12)14-3-13-6(15(17)18)7(14)20-4/h3H,2H2,1H3. The Labute approximate surface area is 112 Å². The summed E-state index contributed by atoms with van der Waals surface area (Å²) < 4.78 is 44.0. The van der Waals surface area contributed by atoms with Gasteiger partial charge in [-0.05, 0) is 16.8 Å². The van der Waals surface area contributed by atoms with Crippen LogP contribution in [0.1, 0.15) is 22.3 Å². The van der Waals surface area contributed by atoms with E-state index in [2.05, 4.69) is 9.72 Å². The SMILES string of the molecule is CCOC(=O)c1sc2c([N+](=O)[O-])ncn2c1C(F)(F)F. The van der Waals surface area contributed by atoms with Crippen molar-refractivity contribution in [2.75, 3.05) is 6.61 Å². The van der Waals surface area contributed by atoms with Crippen LogP contribution in [0.5, 0.6) is 0 Å². The van der Waals surface area contributed by atoms with Gasteiger partial charge in [-0.3, -0.25) is 4.40 Å². The van der Waals surface area contributed by atoms with E-state index in [0.29, 0.717) is 22.1 Å². The van der Waals surface area contributed by atoms with Gasteiger partial charge in [0.05, 0.1) is 6.61 Å². The summed E-state index contributed by atoms with van der Waals surface area (Å²) in [5.74, 6) is -1.92. The van der Waals surface area contributed by atoms with E-state index in [9.17, 15) is 28.1 Å². The summed E-state index contributed by atoms with van der Waals surface area (Å²) in [5, 5.41) is 10.7. The summed E-state index contributed by atoms with van der Waals surface area (Å²) in [4.78, 5) is 23.5. The summed E-state index contributed by atoms with van der Waals surface area (Å²) in [6.07, 6.45) is -4.20. The first-order valence-electron chi connectivity index (χ1n) is 5.16. The van der Waals surface area contributed by atoms with E-state index in [0.717, 1.165) is 0 Å². The first kappa shape index (κ1) is 14.2. The number of imidazole rings is 1. The van der Waals surface area contributed by atoms with Crippen LogP contribution in [0.15, 0.2) is 6.33 Å². The summed E-state index contributed by atoms with van der Waals surface area (Å²) >= 11 is 0.325. The highest BCUT2D eigenvalue weighted by Crippen LogP contribution is 2.39. The number of hydrogen-bond acceptors (Lipinski definition) is 6. The smallest absolute Gasteiger partial charge is 0.433 e. The fourth-order valence-corrected chi connectivity index (χ4v) is 2.66. The second kappa shape index (κ2) is 4.74. The molecule has 7 nitrogen and oxygen atoms in total. The lowest BCUT2D eigenvalue weighted by Gasteiger charge is -2.07. The van der Waals surface area contributed by atoms with Crippen molar-refractivity contribution >= 4 is 28.0 Å². The fraction of sp³-hybridized carbons (Fsp3) is 0.333. The van der Waals surface area contributed by atoms with Crippen LogP contribution >= 0.6 is 11.3 Å². The average molecular weight is 309 g/mol. The molecule has 0 saturated heterocycles. The van der Waals surface area contributed by atoms with Gasteiger partial charge in [-0.1, -0.05) is 11.3 Å². The summed E-state index contributed by atoms with van der Waals surface area (Å²) in [6, 6.07) is 0. The number of aromatic nitrogens is 2. The normalized spacial score (nSPS) is 11.8. The molecule has 20 heavy (non-hydrogen) atoms. The van der Waals surface area contributed by atoms with Crippen LogP contribution in [-0.4, -0.2) is 26.9 Å². The Morgan fingerprint density at radius 3 is 2.75 bits per heavy atom. The van der Waals surface area contributed by atoms with Gasteiger partial charge in [-0.15, -0.1) is 0 Å². The maximum Gasteiger partial charge on any atom is 0.433 e. The second-order valence-electron chi connectivity index (χ2n) is 3.50. The molecule has 0 aliphatic carbocycles. The Kier molecular flexibility index (Phi) is 3.38. The number of rotatable bonds is 3. The van der Waals surface area contributed by atoms with Crippen molar-refractivity contribution in [3.05, 3.63) is 27.0 Å². The lowest BCUT2D eigenvalue weighted by molar-refractivity contribution is -0.387. The lowest BCUT2D eigenvalue weighted by Crippen LogP contribution is -2.15. The predicted octanol–water partition coefficient (Wildman–Crippen LogP) is 2.50. The Morgan fingerprint density at radius 2 is 2.25 bits per heavy atom. The molecule has 2 aromatic rings. The zero-order valence-electron chi connectivity index (χ0n) is 9.80. The highest BCUT2D eigenvalue weighted by atomic mass is 32.1. The molecule has 2 heterocycles. The molecule has 2 rings (SSSR count). The number of alkyl halides is 3. The molecule has 0 saturated carbocycles. The van der Waals surface area contributed by atoms with Gasteiger partial charge in [0.15, 0.2) is 5.69 Å². The van der Waals surface area contributed by atoms with Gasteiger partial charge in [0, 0.05) is 0 Å². The van der Waals surface area contributed by atoms with Gasteiger partial charge in [-0.25, -0.2) is 4.79 Å². The fourth-order valence-electron chi connectivity index (χ4n) is 1.56. The molecule has 0 aliphatic heterocycles. The maximum atomic E-state index is 13.0. The molecular weight excluding hydrogens is 303 g/mol. The van der Waals surface area contributed by atoms with Gasteiger partial charge in [0.2, 0.25) is 11.2 Å². The third kappa shape index (κ3) is 2.19. The Morgan fingerprint density at radius 1 is 1.60 bits per heavy atom. The van der Waals surface area contributed by atoms with E-state index in [1.165, 1.54) is 6.92 Å². The van der Waals surface area contributed by atoms with Crippen LogP contribution in [0.2, 0.25) is 0 Å². The number of thiazole rings is 1. The number of nitrogens with zero attached hydrogens (tertiary/aromatic N) is 3. The highest BCUT2D eigenvalue weighted by Gasteiger charge is 2.42. The molecule has 0 spiro atoms. The molecule has 0 amide bonds. The Bertz CT molecular complexity index is 690. The van der Waals surface area contributed by atoms with Crippen LogP contribution in [0.25, 0.3) is 4.83 Å². The number of hydrogen-bond donors (Lipinski definition) is 0. The number of carbonyl (C=O) groups is 1. The van der Waals surface area contributed by atoms with E-state index in [4.69, 9.17) is 0 Å². The Balaban J connectivity index is 2.73. The van der Waals surface area contributed by atoms with Gasteiger partial charge < -0.3 is 14.9 Å². The van der Waals surface area contributed by atoms with Gasteiger partial charge in [0.25, 0.3) is 0 Å². The molecule has 0 aliphatic rings. The van der Waals surface area contributed by atoms with Gasteiger partial charge >= 0.3 is 18.0 Å². The van der Waals surface area contributed by atoms with Crippen molar-refractivity contribution in [2.45, 2.75) is 13.1 Å². The minimum Gasteiger partial charge on any atom is -0.462 e. The topological polar surface area (TPSA) is 86.7 Å². The zero-order valence-corrected chi connectivity index (χ0v) is 10.6. The molecule has 108 valence electrons. The first-order valence-corrected chi connectivity index (χ1v) is 5.97. The lowest BCUT2D eigenvalue weighted by atomic mass is 10.3. The van der Waals surface area contributed by atoms with Crippen LogP contribution < -0.4 is 0 Å². The van der Waals surface area contributed by atoms with Crippen LogP contribution in [-0.2, 0) is 10.9 Å². The highest BCUT2D eigenvalue weighted by molar-refractivity contribution is 7.19. The molecule has 0 bridgehead atoms. The van der Waals surface area contributed by atoms with E-state index in [1.54, 1.807) is 0 Å². The molecule has 0 N–H and O–H groups in total. The average Bonchev–Trinajstić information content (AvgIpc) is 2.84. The number of fused-ring (bicyclic) bond motifs is 1. The van der Waals surface area contributed by atoms with E-state index in [1.807, 2.05) is 0 Å². The summed E-state index contributed by atoms with van der Waals surface area (Å²) in [6.45, 7) is 1.33. The number of esters is 1. The summed E-state index contributed by atoms with van der Waals surface area (Å²) in [7, 11) is 0. The van der Waals surface area contributed by atoms with Crippen molar-refractivity contribution in [2.24, 2.45) is 0 Å². The van der Waals surface area contributed by atoms with E-state index in [-0.39, 0.29) is 11.4 Å². The molecule has 11 heteroatoms. The largest absolute Gasteiger partial charge is 0.462 e. The third-order valence-corrected chi connectivity index (χ3v) is 3.40.